The van der Waals surface area contributed by atoms with Gasteiger partial charge in [0.15, 0.2) is 17.1 Å². The number of amides is 1. The fraction of sp³-hybridized carbons (Fsp3) is 0.185. The molecular weight excluding hydrogens is 486 g/mol. The Balaban J connectivity index is 1.86. The first-order valence-electron chi connectivity index (χ1n) is 11.1. The van der Waals surface area contributed by atoms with Gasteiger partial charge in [-0.25, -0.2) is 13.0 Å². The predicted molar refractivity (Wildman–Crippen MR) is 137 cm³/mol. The number of nitrogens with one attached hydrogen (secondary N) is 2. The zero-order valence-electron chi connectivity index (χ0n) is 20.1. The monoisotopic (exact) mass is 510 g/mol. The van der Waals surface area contributed by atoms with Gasteiger partial charge in [-0.2, -0.15) is 0 Å². The number of halogens is 2. The average Bonchev–Trinajstić information content (AvgIpc) is 2.83. The molecule has 0 saturated carbocycles. The molecule has 0 bridgehead atoms. The van der Waals surface area contributed by atoms with Gasteiger partial charge in [0, 0.05) is 22.9 Å². The van der Waals surface area contributed by atoms with E-state index in [4.69, 9.17) is 4.42 Å². The summed E-state index contributed by atoms with van der Waals surface area (Å²) >= 11 is 0. The van der Waals surface area contributed by atoms with Crippen molar-refractivity contribution in [3.8, 4) is 11.3 Å². The molecule has 1 aromatic heterocycles. The summed E-state index contributed by atoms with van der Waals surface area (Å²) in [5, 5.41) is 3.42. The highest BCUT2D eigenvalue weighted by atomic mass is 32.2. The number of aryl methyl sites for hydroxylation is 1. The van der Waals surface area contributed by atoms with Crippen LogP contribution in [-0.4, -0.2) is 16.4 Å². The Morgan fingerprint density at radius 2 is 1.75 bits per heavy atom. The van der Waals surface area contributed by atoms with Gasteiger partial charge >= 0.3 is 0 Å². The van der Waals surface area contributed by atoms with Gasteiger partial charge in [-0.05, 0) is 44.5 Å². The maximum Gasteiger partial charge on any atom is 0.268 e. The van der Waals surface area contributed by atoms with Gasteiger partial charge in [0.05, 0.1) is 17.1 Å². The lowest BCUT2D eigenvalue weighted by Gasteiger charge is -2.20. The zero-order chi connectivity index (χ0) is 26.1. The molecule has 1 amide bonds. The predicted octanol–water partition coefficient (Wildman–Crippen LogP) is 5.55. The molecular formula is C27H24F2N2O4S. The van der Waals surface area contributed by atoms with Gasteiger partial charge in [0.25, 0.3) is 5.91 Å². The molecule has 0 spiro atoms. The highest BCUT2D eigenvalue weighted by Crippen LogP contribution is 2.33. The lowest BCUT2D eigenvalue weighted by Crippen LogP contribution is -2.27. The number of carbonyl (C=O) groups is 1. The maximum absolute atomic E-state index is 14.6. The summed E-state index contributed by atoms with van der Waals surface area (Å²) in [5.74, 6) is -3.16. The second kappa shape index (κ2) is 10.0. The number of hydrogen-bond donors (Lipinski definition) is 2. The number of benzene rings is 3. The third-order valence-corrected chi connectivity index (χ3v) is 6.30. The second-order valence-corrected chi connectivity index (χ2v) is 9.63. The minimum Gasteiger partial charge on any atom is -0.455 e. The number of anilines is 1. The summed E-state index contributed by atoms with van der Waals surface area (Å²) in [4.78, 5) is 25.8. The van der Waals surface area contributed by atoms with Crippen molar-refractivity contribution in [3.63, 3.8) is 0 Å². The molecule has 186 valence electrons. The van der Waals surface area contributed by atoms with E-state index in [0.717, 1.165) is 17.2 Å². The van der Waals surface area contributed by atoms with Crippen molar-refractivity contribution >= 4 is 33.5 Å². The summed E-state index contributed by atoms with van der Waals surface area (Å²) < 4.78 is 48.4. The SMILES string of the molecule is Cc1cc(C(C)Nc2ccc(F)c(F)c2C(=O)NS(C)=O)c2oc(-c3ccccc3)c(C)c(=O)c2c1. The van der Waals surface area contributed by atoms with Crippen molar-refractivity contribution in [1.82, 2.24) is 4.72 Å². The van der Waals surface area contributed by atoms with Crippen LogP contribution in [0.2, 0.25) is 0 Å². The van der Waals surface area contributed by atoms with Crippen LogP contribution in [0.4, 0.5) is 14.5 Å². The van der Waals surface area contributed by atoms with Gasteiger partial charge in [-0.15, -0.1) is 0 Å². The van der Waals surface area contributed by atoms with E-state index in [2.05, 4.69) is 10.0 Å². The molecule has 3 aromatic carbocycles. The molecule has 6 nitrogen and oxygen atoms in total. The van der Waals surface area contributed by atoms with Crippen molar-refractivity contribution in [2.75, 3.05) is 11.6 Å². The van der Waals surface area contributed by atoms with Crippen LogP contribution < -0.4 is 15.5 Å². The van der Waals surface area contributed by atoms with E-state index in [0.29, 0.717) is 27.9 Å². The second-order valence-electron chi connectivity index (χ2n) is 8.52. The van der Waals surface area contributed by atoms with Crippen LogP contribution in [0, 0.1) is 25.5 Å². The highest BCUT2D eigenvalue weighted by molar-refractivity contribution is 7.82. The molecule has 0 radical (unpaired) electrons. The van der Waals surface area contributed by atoms with Gasteiger partial charge in [-0.1, -0.05) is 36.4 Å². The number of hydrogen-bond acceptors (Lipinski definition) is 5. The summed E-state index contributed by atoms with van der Waals surface area (Å²) in [5.41, 5.74) is 2.17. The Bertz CT molecular complexity index is 1570. The van der Waals surface area contributed by atoms with Crippen LogP contribution in [0.25, 0.3) is 22.3 Å². The molecule has 4 aromatic rings. The van der Waals surface area contributed by atoms with Crippen LogP contribution in [0.15, 0.2) is 63.8 Å². The molecule has 2 atom stereocenters. The Kier molecular flexibility index (Phi) is 7.03. The molecule has 2 unspecified atom stereocenters. The van der Waals surface area contributed by atoms with Crippen LogP contribution in [0.5, 0.6) is 0 Å². The molecule has 4 rings (SSSR count). The Morgan fingerprint density at radius 1 is 1.06 bits per heavy atom. The molecule has 36 heavy (non-hydrogen) atoms. The first-order chi connectivity index (χ1) is 17.1. The molecule has 9 heteroatoms. The number of fused-ring (bicyclic) bond motifs is 1. The molecule has 2 N–H and O–H groups in total. The van der Waals surface area contributed by atoms with E-state index in [-0.39, 0.29) is 11.1 Å². The Morgan fingerprint density at radius 3 is 2.42 bits per heavy atom. The fourth-order valence-corrected chi connectivity index (χ4v) is 4.50. The van der Waals surface area contributed by atoms with Crippen LogP contribution in [0.1, 0.15) is 40.0 Å². The molecule has 0 aliphatic rings. The summed E-state index contributed by atoms with van der Waals surface area (Å²) in [7, 11) is -1.78. The molecule has 1 heterocycles. The largest absolute Gasteiger partial charge is 0.455 e. The van der Waals surface area contributed by atoms with Crippen LogP contribution in [0.3, 0.4) is 0 Å². The zero-order valence-corrected chi connectivity index (χ0v) is 20.9. The molecule has 0 aliphatic carbocycles. The Hall–Kier alpha value is -3.85. The minimum absolute atomic E-state index is 0.00301. The first-order valence-corrected chi connectivity index (χ1v) is 12.7. The van der Waals surface area contributed by atoms with Crippen molar-refractivity contribution in [2.45, 2.75) is 26.8 Å². The standard InChI is InChI=1S/C27H24F2N2O4S/c1-14-12-18(16(3)30-21-11-10-20(28)23(29)22(21)27(33)31-36(4)34)26-19(13-14)24(32)15(2)25(35-26)17-8-6-5-7-9-17/h5-13,16,30H,1-4H3,(H,31,33). The maximum atomic E-state index is 14.6. The van der Waals surface area contributed by atoms with Crippen molar-refractivity contribution in [2.24, 2.45) is 0 Å². The van der Waals surface area contributed by atoms with E-state index in [9.17, 15) is 22.6 Å². The minimum atomic E-state index is -1.78. The fourth-order valence-electron chi connectivity index (χ4n) is 4.14. The third-order valence-electron chi connectivity index (χ3n) is 5.82. The lowest BCUT2D eigenvalue weighted by molar-refractivity contribution is 0.0979. The van der Waals surface area contributed by atoms with Gasteiger partial charge in [0.2, 0.25) is 0 Å². The highest BCUT2D eigenvalue weighted by Gasteiger charge is 2.24. The van der Waals surface area contributed by atoms with Crippen molar-refractivity contribution in [3.05, 3.63) is 98.7 Å². The van der Waals surface area contributed by atoms with Crippen LogP contribution in [-0.2, 0) is 11.0 Å². The topological polar surface area (TPSA) is 88.4 Å². The first kappa shape index (κ1) is 25.2. The quantitative estimate of drug-likeness (QED) is 0.355. The Labute approximate surface area is 208 Å². The summed E-state index contributed by atoms with van der Waals surface area (Å²) in [6, 6.07) is 14.3. The molecule has 0 saturated heterocycles. The smallest absolute Gasteiger partial charge is 0.268 e. The van der Waals surface area contributed by atoms with Gasteiger partial charge < -0.3 is 9.73 Å². The van der Waals surface area contributed by atoms with Crippen molar-refractivity contribution < 1.29 is 22.2 Å². The van der Waals surface area contributed by atoms with E-state index < -0.39 is 40.1 Å². The number of carbonyl (C=O) groups excluding carboxylic acids is 1. The third kappa shape index (κ3) is 4.79. The molecule has 0 fully saturated rings. The summed E-state index contributed by atoms with van der Waals surface area (Å²) in [6.45, 7) is 5.29. The number of rotatable bonds is 6. The van der Waals surface area contributed by atoms with Crippen molar-refractivity contribution in [1.29, 1.82) is 0 Å². The molecule has 0 aliphatic heterocycles. The van der Waals surface area contributed by atoms with E-state index >= 15 is 0 Å². The van der Waals surface area contributed by atoms with E-state index in [1.165, 1.54) is 12.3 Å². The lowest BCUT2D eigenvalue weighted by atomic mass is 9.98. The normalized spacial score (nSPS) is 12.8. The van der Waals surface area contributed by atoms with E-state index in [1.807, 2.05) is 43.3 Å². The average molecular weight is 511 g/mol. The summed E-state index contributed by atoms with van der Waals surface area (Å²) in [6.07, 6.45) is 1.21. The van der Waals surface area contributed by atoms with Gasteiger partial charge in [0.1, 0.15) is 27.9 Å². The van der Waals surface area contributed by atoms with Crippen LogP contribution >= 0.6 is 0 Å². The van der Waals surface area contributed by atoms with Gasteiger partial charge in [-0.3, -0.25) is 14.3 Å². The van der Waals surface area contributed by atoms with E-state index in [1.54, 1.807) is 19.9 Å².